The van der Waals surface area contributed by atoms with Gasteiger partial charge in [-0.2, -0.15) is 0 Å². The Bertz CT molecular complexity index is 1380. The zero-order chi connectivity index (χ0) is 33.0. The van der Waals surface area contributed by atoms with Crippen LogP contribution in [-0.4, -0.2) is 81.5 Å². The van der Waals surface area contributed by atoms with Crippen LogP contribution in [0.4, 0.5) is 9.59 Å². The van der Waals surface area contributed by atoms with E-state index in [9.17, 15) is 29.4 Å². The molecule has 1 saturated heterocycles. The third-order valence-corrected chi connectivity index (χ3v) is 7.26. The van der Waals surface area contributed by atoms with E-state index in [2.05, 4.69) is 0 Å². The van der Waals surface area contributed by atoms with Crippen molar-refractivity contribution >= 4 is 52.9 Å². The molecule has 0 spiro atoms. The number of rotatable bonds is 4. The Morgan fingerprint density at radius 3 is 1.66 bits per heavy atom. The lowest BCUT2D eigenvalue weighted by atomic mass is 9.89. The lowest BCUT2D eigenvalue weighted by molar-refractivity contribution is -0.141. The van der Waals surface area contributed by atoms with Crippen molar-refractivity contribution in [1.82, 2.24) is 9.80 Å². The lowest BCUT2D eigenvalue weighted by Gasteiger charge is -2.24. The average Bonchev–Trinajstić information content (AvgIpc) is 3.54. The molecule has 2 atom stereocenters. The summed E-state index contributed by atoms with van der Waals surface area (Å²) in [5, 5.41) is 20.0. The van der Waals surface area contributed by atoms with Crippen LogP contribution >= 0.6 is 23.2 Å². The molecule has 44 heavy (non-hydrogen) atoms. The van der Waals surface area contributed by atoms with Gasteiger partial charge in [0.05, 0.1) is 24.6 Å². The van der Waals surface area contributed by atoms with Gasteiger partial charge in [0.1, 0.15) is 11.2 Å². The van der Waals surface area contributed by atoms with Crippen molar-refractivity contribution in [2.24, 2.45) is 5.92 Å². The van der Waals surface area contributed by atoms with E-state index < -0.39 is 41.2 Å². The number of hydrogen-bond donors (Lipinski definition) is 2. The lowest BCUT2D eigenvalue weighted by Crippen LogP contribution is -2.36. The van der Waals surface area contributed by atoms with Gasteiger partial charge in [0.2, 0.25) is 0 Å². The number of carbonyl (C=O) groups is 4. The number of hydrogen-bond acceptors (Lipinski definition) is 6. The van der Waals surface area contributed by atoms with Crippen molar-refractivity contribution in [3.05, 3.63) is 75.3 Å². The molecular formula is C32H38Cl2N2O8. The summed E-state index contributed by atoms with van der Waals surface area (Å²) < 4.78 is 10.6. The molecule has 0 bridgehead atoms. The first-order chi connectivity index (χ1) is 20.3. The number of carboxylic acid groups (broad SMARTS) is 2. The first-order valence-corrected chi connectivity index (χ1v) is 14.8. The summed E-state index contributed by atoms with van der Waals surface area (Å²) in [5.74, 6) is -2.85. The van der Waals surface area contributed by atoms with Crippen molar-refractivity contribution in [2.45, 2.75) is 58.7 Å². The number of nitrogens with zero attached hydrogens (tertiary/aromatic N) is 2. The highest BCUT2D eigenvalue weighted by Gasteiger charge is 2.41. The monoisotopic (exact) mass is 648 g/mol. The highest BCUT2D eigenvalue weighted by Crippen LogP contribution is 2.34. The third-order valence-electron chi connectivity index (χ3n) is 6.75. The summed E-state index contributed by atoms with van der Waals surface area (Å²) in [4.78, 5) is 50.1. The summed E-state index contributed by atoms with van der Waals surface area (Å²) in [7, 11) is 0. The number of benzene rings is 2. The molecule has 2 aliphatic heterocycles. The zero-order valence-corrected chi connectivity index (χ0v) is 27.1. The van der Waals surface area contributed by atoms with Gasteiger partial charge >= 0.3 is 24.1 Å². The minimum atomic E-state index is -1.03. The molecule has 0 aliphatic carbocycles. The second kappa shape index (κ2) is 13.9. The predicted octanol–water partition coefficient (Wildman–Crippen LogP) is 6.80. The molecule has 0 radical (unpaired) electrons. The van der Waals surface area contributed by atoms with E-state index in [1.165, 1.54) is 9.80 Å². The molecule has 2 amide bonds. The van der Waals surface area contributed by atoms with Crippen molar-refractivity contribution in [3.63, 3.8) is 0 Å². The molecule has 238 valence electrons. The van der Waals surface area contributed by atoms with Crippen LogP contribution in [0, 0.1) is 5.92 Å². The number of ether oxygens (including phenoxy) is 2. The van der Waals surface area contributed by atoms with Crippen LogP contribution in [0.3, 0.4) is 0 Å². The first-order valence-electron chi connectivity index (χ1n) is 14.0. The largest absolute Gasteiger partial charge is 0.481 e. The van der Waals surface area contributed by atoms with Crippen LogP contribution in [0.2, 0.25) is 10.0 Å². The molecule has 4 rings (SSSR count). The first kappa shape index (κ1) is 34.7. The highest BCUT2D eigenvalue weighted by molar-refractivity contribution is 6.30. The average molecular weight is 650 g/mol. The van der Waals surface area contributed by atoms with Gasteiger partial charge in [-0.25, -0.2) is 14.4 Å². The molecule has 12 heteroatoms. The van der Waals surface area contributed by atoms with Crippen LogP contribution in [-0.2, 0) is 19.1 Å². The molecule has 0 saturated carbocycles. The number of aliphatic carboxylic acids is 2. The second-order valence-electron chi connectivity index (χ2n) is 12.6. The third kappa shape index (κ3) is 9.62. The fourth-order valence-electron chi connectivity index (χ4n) is 4.77. The van der Waals surface area contributed by atoms with Crippen molar-refractivity contribution in [2.75, 3.05) is 26.2 Å². The smallest absolute Gasteiger partial charge is 0.410 e. The Labute approximate surface area is 267 Å². The van der Waals surface area contributed by atoms with Crippen LogP contribution < -0.4 is 0 Å². The van der Waals surface area contributed by atoms with Gasteiger partial charge in [-0.15, -0.1) is 0 Å². The molecule has 2 aromatic rings. The maximum Gasteiger partial charge on any atom is 0.410 e. The van der Waals surface area contributed by atoms with E-state index in [-0.39, 0.29) is 31.1 Å². The van der Waals surface area contributed by atoms with E-state index in [1.54, 1.807) is 77.9 Å². The maximum absolute atomic E-state index is 12.1. The fourth-order valence-corrected chi connectivity index (χ4v) is 5.03. The van der Waals surface area contributed by atoms with Gasteiger partial charge in [0, 0.05) is 29.1 Å². The molecule has 2 N–H and O–H groups in total. The molecular weight excluding hydrogens is 611 g/mol. The summed E-state index contributed by atoms with van der Waals surface area (Å²) in [6.07, 6.45) is -0.995. The minimum Gasteiger partial charge on any atom is -0.481 e. The van der Waals surface area contributed by atoms with Crippen molar-refractivity contribution < 1.29 is 38.9 Å². The predicted molar refractivity (Wildman–Crippen MR) is 167 cm³/mol. The SMILES string of the molecule is CC(C)(C)OC(=O)N1CC(C(=O)O)=C(c2ccc(Cl)cc2)C1.CC(C)(C)OC(=O)N1C[C@H](c2ccc(Cl)cc2)[C@H](C(=O)O)C1. The topological polar surface area (TPSA) is 134 Å². The number of halogens is 2. The molecule has 2 aliphatic rings. The van der Waals surface area contributed by atoms with E-state index in [4.69, 9.17) is 32.7 Å². The van der Waals surface area contributed by atoms with Crippen LogP contribution in [0.1, 0.15) is 58.6 Å². The molecule has 10 nitrogen and oxygen atoms in total. The normalized spacial score (nSPS) is 18.5. The van der Waals surface area contributed by atoms with E-state index in [0.717, 1.165) is 11.1 Å². The number of carboxylic acids is 2. The molecule has 0 unspecified atom stereocenters. The van der Waals surface area contributed by atoms with Gasteiger partial charge in [0.25, 0.3) is 0 Å². The summed E-state index contributed by atoms with van der Waals surface area (Å²) in [6.45, 7) is 11.4. The molecule has 1 fully saturated rings. The number of carbonyl (C=O) groups excluding carboxylic acids is 2. The Morgan fingerprint density at radius 1 is 0.727 bits per heavy atom. The minimum absolute atomic E-state index is 0.0300. The van der Waals surface area contributed by atoms with Gasteiger partial charge in [0.15, 0.2) is 0 Å². The van der Waals surface area contributed by atoms with Gasteiger partial charge < -0.3 is 24.6 Å². The van der Waals surface area contributed by atoms with E-state index >= 15 is 0 Å². The van der Waals surface area contributed by atoms with Crippen LogP contribution in [0.15, 0.2) is 54.1 Å². The summed E-state index contributed by atoms with van der Waals surface area (Å²) in [6, 6.07) is 14.0. The Balaban J connectivity index is 0.000000240. The quantitative estimate of drug-likeness (QED) is 0.369. The van der Waals surface area contributed by atoms with E-state index in [0.29, 0.717) is 22.2 Å². The molecule has 2 heterocycles. The number of amides is 2. The highest BCUT2D eigenvalue weighted by atomic mass is 35.5. The maximum atomic E-state index is 12.1. The second-order valence-corrected chi connectivity index (χ2v) is 13.5. The Morgan fingerprint density at radius 2 is 1.20 bits per heavy atom. The Kier molecular flexibility index (Phi) is 11.0. The molecule has 0 aromatic heterocycles. The summed E-state index contributed by atoms with van der Waals surface area (Å²) >= 11 is 11.7. The van der Waals surface area contributed by atoms with Crippen LogP contribution in [0.25, 0.3) is 5.57 Å². The Hall–Kier alpha value is -3.76. The van der Waals surface area contributed by atoms with Gasteiger partial charge in [-0.05, 0) is 82.5 Å². The number of likely N-dealkylation sites (tertiary alicyclic amines) is 1. The summed E-state index contributed by atoms with van der Waals surface area (Å²) in [5.41, 5.74) is 1.19. The molecule has 2 aromatic carbocycles. The van der Waals surface area contributed by atoms with Gasteiger partial charge in [-0.1, -0.05) is 47.5 Å². The van der Waals surface area contributed by atoms with E-state index in [1.807, 2.05) is 12.1 Å². The fraction of sp³-hybridized carbons (Fsp3) is 0.438. The zero-order valence-electron chi connectivity index (χ0n) is 25.6. The van der Waals surface area contributed by atoms with Crippen molar-refractivity contribution in [3.8, 4) is 0 Å². The van der Waals surface area contributed by atoms with Gasteiger partial charge in [-0.3, -0.25) is 9.69 Å². The standard InChI is InChI=1S/C16H20ClNO4.C16H18ClNO4/c2*1-16(2,3)22-15(21)18-8-12(13(9-18)14(19)20)10-4-6-11(17)7-5-10/h4-7,12-13H,8-9H2,1-3H3,(H,19,20);4-7H,8-9H2,1-3H3,(H,19,20)/t12-,13-;/m1./s1. The van der Waals surface area contributed by atoms with Crippen molar-refractivity contribution in [1.29, 1.82) is 0 Å². The van der Waals surface area contributed by atoms with Crippen LogP contribution in [0.5, 0.6) is 0 Å².